The molecule has 0 amide bonds. The minimum absolute atomic E-state index is 0.162. The number of pyridine rings is 1. The number of methoxy groups -OCH3 is 3. The van der Waals surface area contributed by atoms with Gasteiger partial charge in [-0.2, -0.15) is 0 Å². The van der Waals surface area contributed by atoms with E-state index in [1.165, 1.54) is 0 Å². The molecule has 3 heterocycles. The number of anilines is 1. The van der Waals surface area contributed by atoms with Crippen molar-refractivity contribution in [3.8, 4) is 22.9 Å². The second kappa shape index (κ2) is 10.1. The van der Waals surface area contributed by atoms with E-state index in [0.29, 0.717) is 16.6 Å². The molecule has 190 valence electrons. The standard InChI is InChI=1S/C29H30N4O3S/c1-18-16-23(19(2)32(18)20-9-11-21(34-3)12-10-20)28-27(24-8-6-7-15-30-24)31-29(37)33(28)25-14-13-22(35-4)17-26(25)36-5/h6-17,27-28H,1-5H3,(H,31,37)/t27-,28-/m0/s1. The quantitative estimate of drug-likeness (QED) is 0.318. The lowest BCUT2D eigenvalue weighted by molar-refractivity contribution is 0.394. The Hall–Kier alpha value is -4.04. The summed E-state index contributed by atoms with van der Waals surface area (Å²) in [5, 5.41) is 4.15. The van der Waals surface area contributed by atoms with Crippen molar-refractivity contribution in [1.82, 2.24) is 14.9 Å². The zero-order chi connectivity index (χ0) is 26.1. The molecule has 0 aliphatic carbocycles. The van der Waals surface area contributed by atoms with Crippen molar-refractivity contribution < 1.29 is 14.2 Å². The van der Waals surface area contributed by atoms with Gasteiger partial charge in [-0.25, -0.2) is 0 Å². The van der Waals surface area contributed by atoms with E-state index < -0.39 is 0 Å². The van der Waals surface area contributed by atoms with E-state index in [1.54, 1.807) is 21.3 Å². The summed E-state index contributed by atoms with van der Waals surface area (Å²) in [6.07, 6.45) is 1.81. The highest BCUT2D eigenvalue weighted by atomic mass is 32.1. The van der Waals surface area contributed by atoms with Crippen molar-refractivity contribution in [2.24, 2.45) is 0 Å². The molecule has 2 atom stereocenters. The first-order valence-electron chi connectivity index (χ1n) is 12.0. The third-order valence-electron chi connectivity index (χ3n) is 6.86. The Kier molecular flexibility index (Phi) is 6.76. The predicted molar refractivity (Wildman–Crippen MR) is 149 cm³/mol. The van der Waals surface area contributed by atoms with E-state index in [0.717, 1.165) is 39.8 Å². The largest absolute Gasteiger partial charge is 0.497 e. The van der Waals surface area contributed by atoms with Gasteiger partial charge in [0.1, 0.15) is 17.2 Å². The molecular weight excluding hydrogens is 484 g/mol. The SMILES string of the molecule is COc1ccc(-n2c(C)cc([C@H]3[C@H](c4ccccn4)NC(=S)N3c3ccc(OC)cc3OC)c2C)cc1. The summed E-state index contributed by atoms with van der Waals surface area (Å²) in [5.41, 5.74) is 6.24. The molecule has 0 bridgehead atoms. The lowest BCUT2D eigenvalue weighted by Gasteiger charge is -2.29. The molecule has 4 aromatic rings. The van der Waals surface area contributed by atoms with E-state index >= 15 is 0 Å². The first-order valence-corrected chi connectivity index (χ1v) is 12.4. The Balaban J connectivity index is 1.68. The lowest BCUT2D eigenvalue weighted by Crippen LogP contribution is -2.30. The Labute approximate surface area is 222 Å². The molecule has 1 fully saturated rings. The molecule has 0 spiro atoms. The van der Waals surface area contributed by atoms with E-state index in [4.69, 9.17) is 26.4 Å². The molecule has 1 aliphatic heterocycles. The average molecular weight is 515 g/mol. The molecule has 0 unspecified atom stereocenters. The van der Waals surface area contributed by atoms with Crippen molar-refractivity contribution in [2.75, 3.05) is 26.2 Å². The van der Waals surface area contributed by atoms with Crippen molar-refractivity contribution >= 4 is 23.0 Å². The summed E-state index contributed by atoms with van der Waals surface area (Å²) in [7, 11) is 4.98. The molecule has 37 heavy (non-hydrogen) atoms. The van der Waals surface area contributed by atoms with Gasteiger partial charge in [0, 0.05) is 29.3 Å². The molecule has 1 aliphatic rings. The summed E-state index contributed by atoms with van der Waals surface area (Å²) in [6.45, 7) is 4.27. The van der Waals surface area contributed by atoms with Crippen LogP contribution in [-0.2, 0) is 0 Å². The minimum Gasteiger partial charge on any atom is -0.497 e. The van der Waals surface area contributed by atoms with Gasteiger partial charge in [-0.3, -0.25) is 4.98 Å². The number of hydrogen-bond donors (Lipinski definition) is 1. The maximum Gasteiger partial charge on any atom is 0.174 e. The van der Waals surface area contributed by atoms with Crippen molar-refractivity contribution in [3.63, 3.8) is 0 Å². The summed E-state index contributed by atoms with van der Waals surface area (Å²) in [5.74, 6) is 2.22. The van der Waals surface area contributed by atoms with Crippen LogP contribution in [-0.4, -0.2) is 36.0 Å². The molecule has 7 nitrogen and oxygen atoms in total. The summed E-state index contributed by atoms with van der Waals surface area (Å²) >= 11 is 5.93. The van der Waals surface area contributed by atoms with E-state index in [2.05, 4.69) is 51.8 Å². The molecule has 0 radical (unpaired) electrons. The summed E-state index contributed by atoms with van der Waals surface area (Å²) < 4.78 is 18.8. The highest BCUT2D eigenvalue weighted by molar-refractivity contribution is 7.80. The number of ether oxygens (including phenoxy) is 3. The fraction of sp³-hybridized carbons (Fsp3) is 0.241. The number of nitrogens with zero attached hydrogens (tertiary/aromatic N) is 3. The van der Waals surface area contributed by atoms with Crippen LogP contribution in [0.3, 0.4) is 0 Å². The fourth-order valence-corrected chi connectivity index (χ4v) is 5.47. The number of nitrogens with one attached hydrogen (secondary N) is 1. The lowest BCUT2D eigenvalue weighted by atomic mass is 9.96. The number of thiocarbonyl (C=S) groups is 1. The number of hydrogen-bond acceptors (Lipinski definition) is 5. The predicted octanol–water partition coefficient (Wildman–Crippen LogP) is 5.69. The van der Waals surface area contributed by atoms with Gasteiger partial charge < -0.3 is 29.0 Å². The first-order chi connectivity index (χ1) is 18.0. The van der Waals surface area contributed by atoms with Crippen LogP contribution in [0.5, 0.6) is 17.2 Å². The van der Waals surface area contributed by atoms with Crippen LogP contribution in [0.2, 0.25) is 0 Å². The first kappa shape index (κ1) is 24.6. The molecule has 2 aromatic carbocycles. The van der Waals surface area contributed by atoms with Crippen LogP contribution < -0.4 is 24.4 Å². The van der Waals surface area contributed by atoms with Crippen molar-refractivity contribution in [1.29, 1.82) is 0 Å². The minimum atomic E-state index is -0.164. The van der Waals surface area contributed by atoms with Gasteiger partial charge in [-0.1, -0.05) is 6.07 Å². The van der Waals surface area contributed by atoms with E-state index in [-0.39, 0.29) is 12.1 Å². The molecule has 0 saturated carbocycles. The second-order valence-electron chi connectivity index (χ2n) is 8.89. The van der Waals surface area contributed by atoms with Crippen LogP contribution in [0, 0.1) is 13.8 Å². The number of aromatic nitrogens is 2. The third-order valence-corrected chi connectivity index (χ3v) is 7.18. The van der Waals surface area contributed by atoms with Crippen LogP contribution >= 0.6 is 12.2 Å². The summed E-state index contributed by atoms with van der Waals surface area (Å²) in [4.78, 5) is 6.82. The van der Waals surface area contributed by atoms with E-state index in [1.807, 2.05) is 54.7 Å². The molecule has 1 saturated heterocycles. The Morgan fingerprint density at radius 1 is 0.865 bits per heavy atom. The zero-order valence-corrected chi connectivity index (χ0v) is 22.4. The third kappa shape index (κ3) is 4.38. The molecule has 5 rings (SSSR count). The van der Waals surface area contributed by atoms with Gasteiger partial charge in [0.15, 0.2) is 5.11 Å². The van der Waals surface area contributed by atoms with Crippen molar-refractivity contribution in [3.05, 3.63) is 95.6 Å². The normalized spacial score (nSPS) is 17.0. The Bertz CT molecular complexity index is 1420. The second-order valence-corrected chi connectivity index (χ2v) is 9.28. The van der Waals surface area contributed by atoms with Crippen LogP contribution in [0.4, 0.5) is 5.69 Å². The van der Waals surface area contributed by atoms with Crippen molar-refractivity contribution in [2.45, 2.75) is 25.9 Å². The van der Waals surface area contributed by atoms with Crippen LogP contribution in [0.15, 0.2) is 72.9 Å². The number of rotatable bonds is 7. The van der Waals surface area contributed by atoms with Gasteiger partial charge >= 0.3 is 0 Å². The highest BCUT2D eigenvalue weighted by Gasteiger charge is 2.43. The van der Waals surface area contributed by atoms with E-state index in [9.17, 15) is 0 Å². The summed E-state index contributed by atoms with van der Waals surface area (Å²) in [6, 6.07) is 21.8. The smallest absolute Gasteiger partial charge is 0.174 e. The van der Waals surface area contributed by atoms with Gasteiger partial charge in [-0.05, 0) is 86.2 Å². The zero-order valence-electron chi connectivity index (χ0n) is 21.6. The molecule has 8 heteroatoms. The Morgan fingerprint density at radius 2 is 1.59 bits per heavy atom. The van der Waals surface area contributed by atoms with Gasteiger partial charge in [0.05, 0.1) is 44.8 Å². The monoisotopic (exact) mass is 514 g/mol. The topological polar surface area (TPSA) is 60.8 Å². The van der Waals surface area contributed by atoms with Gasteiger partial charge in [-0.15, -0.1) is 0 Å². The number of aryl methyl sites for hydroxylation is 1. The maximum atomic E-state index is 5.93. The maximum absolute atomic E-state index is 5.93. The van der Waals surface area contributed by atoms with Crippen LogP contribution in [0.1, 0.15) is 34.7 Å². The molecular formula is C29H30N4O3S. The van der Waals surface area contributed by atoms with Gasteiger partial charge in [0.25, 0.3) is 0 Å². The van der Waals surface area contributed by atoms with Crippen LogP contribution in [0.25, 0.3) is 5.69 Å². The fourth-order valence-electron chi connectivity index (χ4n) is 5.13. The average Bonchev–Trinajstić information content (AvgIpc) is 3.43. The number of benzene rings is 2. The molecule has 2 aromatic heterocycles. The highest BCUT2D eigenvalue weighted by Crippen LogP contribution is 2.46. The molecule has 1 N–H and O–H groups in total. The van der Waals surface area contributed by atoms with Gasteiger partial charge in [0.2, 0.25) is 0 Å². The Morgan fingerprint density at radius 3 is 2.24 bits per heavy atom.